The van der Waals surface area contributed by atoms with E-state index in [0.29, 0.717) is 55.1 Å². The standard InChI is InChI=1S/C32H56N8.C6H6O.Ni/c1-2-10-18-17(9-1)25-33-26(18)38-28-21-13-5-6-14-22(21)30(35-28)40-32-24-16-8-7-15-23(24)31(36-32)39-29-20-12-4-3-11-19(20)27(34-29)37-25;7-6-4-2-1-3-5-6;/h17-40H,1-16H2;1-5,7H;. The Morgan fingerprint density at radius 1 is 0.333 bits per heavy atom. The molecule has 5 saturated heterocycles. The van der Waals surface area contributed by atoms with Gasteiger partial charge in [0.25, 0.3) is 0 Å². The normalized spacial score (nSPS) is 49.2. The first kappa shape index (κ1) is 34.3. The van der Waals surface area contributed by atoms with Crippen LogP contribution in [0.5, 0.6) is 5.75 Å². The van der Waals surface area contributed by atoms with Gasteiger partial charge < -0.3 is 5.11 Å². The van der Waals surface area contributed by atoms with E-state index in [2.05, 4.69) is 42.5 Å². The van der Waals surface area contributed by atoms with E-state index in [1.54, 1.807) is 24.3 Å². The Balaban J connectivity index is 0.000000377. The van der Waals surface area contributed by atoms with E-state index >= 15 is 0 Å². The molecule has 9 nitrogen and oxygen atoms in total. The number of phenolic OH excluding ortho intramolecular Hbond substituents is 1. The number of benzene rings is 1. The van der Waals surface area contributed by atoms with Crippen molar-refractivity contribution in [3.63, 3.8) is 0 Å². The van der Waals surface area contributed by atoms with Crippen molar-refractivity contribution < 1.29 is 21.6 Å². The van der Waals surface area contributed by atoms with Crippen LogP contribution in [0.1, 0.15) is 103 Å². The molecule has 5 aliphatic heterocycles. The quantitative estimate of drug-likeness (QED) is 0.185. The molecule has 1 aromatic carbocycles. The predicted molar refractivity (Wildman–Crippen MR) is 185 cm³/mol. The summed E-state index contributed by atoms with van der Waals surface area (Å²) in [6, 6.07) is 8.71. The van der Waals surface area contributed by atoms with Gasteiger partial charge in [0.05, 0.1) is 49.3 Å². The molecule has 9 aliphatic rings. The van der Waals surface area contributed by atoms with E-state index in [1.807, 2.05) is 6.07 Å². The number of hydrogen-bond donors (Lipinski definition) is 9. The number of rotatable bonds is 0. The van der Waals surface area contributed by atoms with Gasteiger partial charge in [0.15, 0.2) is 0 Å². The van der Waals surface area contributed by atoms with Crippen molar-refractivity contribution in [3.8, 4) is 5.75 Å². The molecular weight excluding hydrogens is 643 g/mol. The fourth-order valence-corrected chi connectivity index (χ4v) is 12.4. The van der Waals surface area contributed by atoms with Gasteiger partial charge in [-0.15, -0.1) is 0 Å². The second-order valence-electron chi connectivity index (χ2n) is 16.9. The second-order valence-corrected chi connectivity index (χ2v) is 16.9. The van der Waals surface area contributed by atoms with Crippen molar-refractivity contribution in [3.05, 3.63) is 30.3 Å². The summed E-state index contributed by atoms with van der Waals surface area (Å²) in [6.45, 7) is 0. The summed E-state index contributed by atoms with van der Waals surface area (Å²) in [5.74, 6) is 6.29. The molecule has 10 heteroatoms. The Bertz CT molecular complexity index is 988. The van der Waals surface area contributed by atoms with Crippen LogP contribution in [-0.2, 0) is 16.5 Å². The van der Waals surface area contributed by atoms with Crippen molar-refractivity contribution in [2.75, 3.05) is 0 Å². The minimum atomic E-state index is 0. The Labute approximate surface area is 298 Å². The van der Waals surface area contributed by atoms with E-state index in [4.69, 9.17) is 5.11 Å². The molecule has 0 aromatic heterocycles. The minimum absolute atomic E-state index is 0. The zero-order valence-electron chi connectivity index (χ0n) is 28.7. The Kier molecular flexibility index (Phi) is 10.7. The monoisotopic (exact) mass is 704 g/mol. The third kappa shape index (κ3) is 6.65. The van der Waals surface area contributed by atoms with Gasteiger partial charge >= 0.3 is 0 Å². The average molecular weight is 706 g/mol. The molecule has 4 saturated carbocycles. The van der Waals surface area contributed by atoms with Crippen LogP contribution in [0.4, 0.5) is 0 Å². The number of hydrogen-bond acceptors (Lipinski definition) is 9. The van der Waals surface area contributed by atoms with Crippen LogP contribution < -0.4 is 42.5 Å². The van der Waals surface area contributed by atoms with E-state index < -0.39 is 0 Å². The number of para-hydroxylation sites is 1. The van der Waals surface area contributed by atoms with E-state index in [0.717, 1.165) is 47.3 Å². The third-order valence-corrected chi connectivity index (χ3v) is 14.6. The molecule has 4 aliphatic carbocycles. The zero-order valence-corrected chi connectivity index (χ0v) is 29.7. The van der Waals surface area contributed by atoms with Crippen molar-refractivity contribution in [1.29, 1.82) is 0 Å². The largest absolute Gasteiger partial charge is 0.508 e. The van der Waals surface area contributed by atoms with Crippen LogP contribution in [0.2, 0.25) is 0 Å². The molecule has 8 bridgehead atoms. The maximum absolute atomic E-state index is 8.63. The SMILES string of the molecule is C1CCC2C3NC(NC4NC(NC5NC(NC6NC(N3)C3CCCCC63)C3CCCCC53)C3CCCCC43)C2C1.Oc1ccccc1.[Ni]. The van der Waals surface area contributed by atoms with Gasteiger partial charge in [-0.3, -0.25) is 42.5 Å². The van der Waals surface area contributed by atoms with Gasteiger partial charge in [-0.25, -0.2) is 0 Å². The molecule has 48 heavy (non-hydrogen) atoms. The molecule has 0 spiro atoms. The van der Waals surface area contributed by atoms with Gasteiger partial charge in [0.1, 0.15) is 5.75 Å². The number of phenols is 1. The molecule has 0 amide bonds. The molecule has 5 heterocycles. The zero-order chi connectivity index (χ0) is 31.3. The maximum Gasteiger partial charge on any atom is 0.115 e. The first-order chi connectivity index (χ1) is 23.2. The fraction of sp³-hybridized carbons (Fsp3) is 0.842. The average Bonchev–Trinajstić information content (AvgIpc) is 3.85. The number of aromatic hydroxyl groups is 1. The molecule has 9 fully saturated rings. The van der Waals surface area contributed by atoms with Crippen molar-refractivity contribution in [2.24, 2.45) is 47.3 Å². The molecule has 0 radical (unpaired) electrons. The van der Waals surface area contributed by atoms with E-state index in [9.17, 15) is 0 Å². The van der Waals surface area contributed by atoms with Crippen LogP contribution in [0.3, 0.4) is 0 Å². The molecule has 8 atom stereocenters. The van der Waals surface area contributed by atoms with Crippen LogP contribution in [0.25, 0.3) is 0 Å². The topological polar surface area (TPSA) is 116 Å². The molecule has 9 N–H and O–H groups in total. The van der Waals surface area contributed by atoms with E-state index in [1.165, 1.54) is 103 Å². The van der Waals surface area contributed by atoms with Crippen LogP contribution in [-0.4, -0.2) is 54.4 Å². The van der Waals surface area contributed by atoms with Crippen LogP contribution in [0.15, 0.2) is 30.3 Å². The molecule has 10 rings (SSSR count). The van der Waals surface area contributed by atoms with Gasteiger partial charge in [0.2, 0.25) is 0 Å². The van der Waals surface area contributed by atoms with Crippen molar-refractivity contribution in [1.82, 2.24) is 42.5 Å². The summed E-state index contributed by atoms with van der Waals surface area (Å²) < 4.78 is 0. The first-order valence-electron chi connectivity index (χ1n) is 20.0. The smallest absolute Gasteiger partial charge is 0.115 e. The Morgan fingerprint density at radius 2 is 0.521 bits per heavy atom. The van der Waals surface area contributed by atoms with E-state index in [-0.39, 0.29) is 16.5 Å². The minimum Gasteiger partial charge on any atom is -0.508 e. The number of fused-ring (bicyclic) bond motifs is 20. The summed E-state index contributed by atoms with van der Waals surface area (Å²) in [5, 5.41) is 42.4. The first-order valence-corrected chi connectivity index (χ1v) is 20.0. The summed E-state index contributed by atoms with van der Waals surface area (Å²) in [6.07, 6.45) is 25.6. The Morgan fingerprint density at radius 3 is 0.667 bits per heavy atom. The molecular formula is C38H62N8NiO. The van der Waals surface area contributed by atoms with Crippen LogP contribution in [0, 0.1) is 47.3 Å². The molecule has 270 valence electrons. The van der Waals surface area contributed by atoms with Gasteiger partial charge in [-0.05, 0) is 111 Å². The van der Waals surface area contributed by atoms with Gasteiger partial charge in [-0.2, -0.15) is 0 Å². The number of nitrogens with one attached hydrogen (secondary N) is 8. The molecule has 1 aromatic rings. The van der Waals surface area contributed by atoms with Crippen LogP contribution >= 0.6 is 0 Å². The summed E-state index contributed by atoms with van der Waals surface area (Å²) >= 11 is 0. The van der Waals surface area contributed by atoms with Crippen molar-refractivity contribution in [2.45, 2.75) is 152 Å². The fourth-order valence-electron chi connectivity index (χ4n) is 12.4. The summed E-state index contributed by atoms with van der Waals surface area (Å²) in [7, 11) is 0. The summed E-state index contributed by atoms with van der Waals surface area (Å²) in [5.41, 5.74) is 0. The summed E-state index contributed by atoms with van der Waals surface area (Å²) in [4.78, 5) is 0. The maximum atomic E-state index is 8.63. The predicted octanol–water partition coefficient (Wildman–Crippen LogP) is 4.00. The molecule has 8 unspecified atom stereocenters. The second kappa shape index (κ2) is 15.0. The van der Waals surface area contributed by atoms with Gasteiger partial charge in [-0.1, -0.05) is 69.6 Å². The third-order valence-electron chi connectivity index (χ3n) is 14.6. The Hall–Kier alpha value is -0.806. The van der Waals surface area contributed by atoms with Crippen molar-refractivity contribution >= 4 is 0 Å². The van der Waals surface area contributed by atoms with Gasteiger partial charge in [0, 0.05) is 16.5 Å².